The Balaban J connectivity index is 2.21. The summed E-state index contributed by atoms with van der Waals surface area (Å²) in [4.78, 5) is 23.7. The lowest BCUT2D eigenvalue weighted by molar-refractivity contribution is -0.160. The molecule has 2 aromatic rings. The number of carboxylic acid groups (broad SMARTS) is 1. The van der Waals surface area contributed by atoms with E-state index in [-0.39, 0.29) is 5.41 Å². The van der Waals surface area contributed by atoms with Gasteiger partial charge in [0.05, 0.1) is 17.0 Å². The van der Waals surface area contributed by atoms with Crippen molar-refractivity contribution in [3.63, 3.8) is 0 Å². The van der Waals surface area contributed by atoms with Crippen molar-refractivity contribution >= 4 is 11.7 Å². The van der Waals surface area contributed by atoms with Gasteiger partial charge in [0.15, 0.2) is 6.10 Å². The number of piperidine rings is 1. The van der Waals surface area contributed by atoms with Gasteiger partial charge in [-0.3, -0.25) is 9.97 Å². The number of nitrogens with zero attached hydrogens (tertiary/aromatic N) is 3. The van der Waals surface area contributed by atoms with Gasteiger partial charge in [-0.1, -0.05) is 19.9 Å². The minimum absolute atomic E-state index is 0.276. The molecule has 0 amide bonds. The van der Waals surface area contributed by atoms with Gasteiger partial charge >= 0.3 is 5.97 Å². The zero-order valence-electron chi connectivity index (χ0n) is 18.9. The fourth-order valence-corrected chi connectivity index (χ4v) is 3.89. The first-order chi connectivity index (χ1) is 14.0. The normalized spacial score (nSPS) is 17.6. The van der Waals surface area contributed by atoms with Crippen LogP contribution in [0.4, 0.5) is 5.69 Å². The molecule has 6 nitrogen and oxygen atoms in total. The highest BCUT2D eigenvalue weighted by Gasteiger charge is 2.35. The largest absolute Gasteiger partial charge is 0.479 e. The van der Waals surface area contributed by atoms with Gasteiger partial charge in [0.25, 0.3) is 0 Å². The van der Waals surface area contributed by atoms with E-state index >= 15 is 0 Å². The molecule has 162 valence electrons. The molecule has 1 aliphatic heterocycles. The second-order valence-electron chi connectivity index (χ2n) is 9.83. The molecule has 6 heteroatoms. The molecule has 1 atom stereocenters. The molecule has 1 N–H and O–H groups in total. The Morgan fingerprint density at radius 1 is 1.20 bits per heavy atom. The number of pyridine rings is 2. The molecule has 1 saturated heterocycles. The number of carbonyl (C=O) groups is 1. The molecule has 0 radical (unpaired) electrons. The molecule has 0 saturated carbocycles. The number of hydrogen-bond donors (Lipinski definition) is 1. The SMILES string of the molecule is Cc1ncc(-c2ccccn2)c(N2CCC(C)(C)CC2)c1C(OC(C)(C)C)C(=O)O. The first-order valence-corrected chi connectivity index (χ1v) is 10.5. The first-order valence-electron chi connectivity index (χ1n) is 10.5. The first kappa shape index (κ1) is 22.2. The van der Waals surface area contributed by atoms with Gasteiger partial charge in [0.1, 0.15) is 0 Å². The maximum atomic E-state index is 12.3. The van der Waals surface area contributed by atoms with Crippen molar-refractivity contribution in [2.45, 2.75) is 66.1 Å². The number of hydrogen-bond acceptors (Lipinski definition) is 5. The van der Waals surface area contributed by atoms with Crippen LogP contribution in [-0.2, 0) is 9.53 Å². The highest BCUT2D eigenvalue weighted by atomic mass is 16.5. The minimum Gasteiger partial charge on any atom is -0.479 e. The number of ether oxygens (including phenoxy) is 1. The lowest BCUT2D eigenvalue weighted by Gasteiger charge is -2.40. The molecule has 2 aromatic heterocycles. The molecule has 1 fully saturated rings. The Morgan fingerprint density at radius 2 is 1.87 bits per heavy atom. The number of aliphatic carboxylic acids is 1. The maximum Gasteiger partial charge on any atom is 0.337 e. The lowest BCUT2D eigenvalue weighted by Crippen LogP contribution is -2.39. The number of aryl methyl sites for hydroxylation is 1. The molecular weight excluding hydrogens is 378 g/mol. The molecule has 3 heterocycles. The van der Waals surface area contributed by atoms with Gasteiger partial charge in [0.2, 0.25) is 0 Å². The third kappa shape index (κ3) is 4.98. The topological polar surface area (TPSA) is 75.5 Å². The molecule has 0 bridgehead atoms. The molecule has 0 aliphatic carbocycles. The van der Waals surface area contributed by atoms with E-state index in [0.717, 1.165) is 42.9 Å². The maximum absolute atomic E-state index is 12.3. The van der Waals surface area contributed by atoms with Crippen LogP contribution in [-0.4, -0.2) is 39.7 Å². The second kappa shape index (κ2) is 8.34. The monoisotopic (exact) mass is 411 g/mol. The number of aromatic nitrogens is 2. The van der Waals surface area contributed by atoms with Gasteiger partial charge in [-0.25, -0.2) is 4.79 Å². The smallest absolute Gasteiger partial charge is 0.337 e. The number of carboxylic acids is 1. The highest BCUT2D eigenvalue weighted by molar-refractivity contribution is 5.85. The average molecular weight is 412 g/mol. The van der Waals surface area contributed by atoms with E-state index in [1.54, 1.807) is 6.20 Å². The summed E-state index contributed by atoms with van der Waals surface area (Å²) in [6.45, 7) is 13.7. The zero-order valence-corrected chi connectivity index (χ0v) is 18.9. The number of rotatable bonds is 5. The van der Waals surface area contributed by atoms with Gasteiger partial charge in [0, 0.05) is 42.3 Å². The van der Waals surface area contributed by atoms with Crippen molar-refractivity contribution in [3.8, 4) is 11.3 Å². The van der Waals surface area contributed by atoms with Crippen molar-refractivity contribution < 1.29 is 14.6 Å². The van der Waals surface area contributed by atoms with Crippen molar-refractivity contribution in [1.29, 1.82) is 0 Å². The van der Waals surface area contributed by atoms with Crippen LogP contribution in [0.2, 0.25) is 0 Å². The Labute approximate surface area is 179 Å². The predicted molar refractivity (Wildman–Crippen MR) is 119 cm³/mol. The fourth-order valence-electron chi connectivity index (χ4n) is 3.89. The molecule has 0 aromatic carbocycles. The Kier molecular flexibility index (Phi) is 6.18. The molecule has 0 spiro atoms. The summed E-state index contributed by atoms with van der Waals surface area (Å²) in [5.41, 5.74) is 3.47. The van der Waals surface area contributed by atoms with Crippen LogP contribution in [0.1, 0.15) is 64.8 Å². The summed E-state index contributed by atoms with van der Waals surface area (Å²) in [5.74, 6) is -1.01. The highest BCUT2D eigenvalue weighted by Crippen LogP contribution is 2.42. The third-order valence-corrected chi connectivity index (χ3v) is 5.62. The van der Waals surface area contributed by atoms with Crippen molar-refractivity contribution in [2.75, 3.05) is 18.0 Å². The van der Waals surface area contributed by atoms with Crippen LogP contribution in [0.5, 0.6) is 0 Å². The minimum atomic E-state index is -1.11. The van der Waals surface area contributed by atoms with Crippen molar-refractivity contribution in [1.82, 2.24) is 9.97 Å². The van der Waals surface area contributed by atoms with Crippen LogP contribution in [0.25, 0.3) is 11.3 Å². The van der Waals surface area contributed by atoms with E-state index < -0.39 is 17.7 Å². The van der Waals surface area contributed by atoms with E-state index in [0.29, 0.717) is 11.3 Å². The quantitative estimate of drug-likeness (QED) is 0.745. The average Bonchev–Trinajstić information content (AvgIpc) is 2.66. The molecule has 30 heavy (non-hydrogen) atoms. The van der Waals surface area contributed by atoms with E-state index in [1.807, 2.05) is 52.1 Å². The summed E-state index contributed by atoms with van der Waals surface area (Å²) in [6.07, 6.45) is 4.52. The van der Waals surface area contributed by atoms with Gasteiger partial charge < -0.3 is 14.7 Å². The van der Waals surface area contributed by atoms with Crippen LogP contribution in [0.15, 0.2) is 30.6 Å². The van der Waals surface area contributed by atoms with Crippen LogP contribution < -0.4 is 4.90 Å². The lowest BCUT2D eigenvalue weighted by atomic mass is 9.82. The van der Waals surface area contributed by atoms with Gasteiger partial charge in [-0.2, -0.15) is 0 Å². The number of anilines is 1. The second-order valence-corrected chi connectivity index (χ2v) is 9.83. The van der Waals surface area contributed by atoms with Crippen LogP contribution in [0, 0.1) is 12.3 Å². The molecule has 1 unspecified atom stereocenters. The molecule has 3 rings (SSSR count). The van der Waals surface area contributed by atoms with Crippen LogP contribution >= 0.6 is 0 Å². The van der Waals surface area contributed by atoms with Crippen molar-refractivity contribution in [3.05, 3.63) is 41.9 Å². The molecule has 1 aliphatic rings. The Bertz CT molecular complexity index is 894. The van der Waals surface area contributed by atoms with Gasteiger partial charge in [-0.05, 0) is 58.1 Å². The zero-order chi connectivity index (χ0) is 22.1. The summed E-state index contributed by atoms with van der Waals surface area (Å²) < 4.78 is 6.04. The summed E-state index contributed by atoms with van der Waals surface area (Å²) in [5, 5.41) is 10.1. The summed E-state index contributed by atoms with van der Waals surface area (Å²) in [6, 6.07) is 5.75. The summed E-state index contributed by atoms with van der Waals surface area (Å²) >= 11 is 0. The molecular formula is C24H33N3O3. The predicted octanol–water partition coefficient (Wildman–Crippen LogP) is 5.02. The third-order valence-electron chi connectivity index (χ3n) is 5.62. The van der Waals surface area contributed by atoms with Gasteiger partial charge in [-0.15, -0.1) is 0 Å². The summed E-state index contributed by atoms with van der Waals surface area (Å²) in [7, 11) is 0. The Hall–Kier alpha value is -2.47. The Morgan fingerprint density at radius 3 is 2.40 bits per heavy atom. The fraction of sp³-hybridized carbons (Fsp3) is 0.542. The van der Waals surface area contributed by atoms with Crippen molar-refractivity contribution in [2.24, 2.45) is 5.41 Å². The van der Waals surface area contributed by atoms with Crippen LogP contribution in [0.3, 0.4) is 0 Å². The van der Waals surface area contributed by atoms with E-state index in [1.165, 1.54) is 0 Å². The van der Waals surface area contributed by atoms with E-state index in [2.05, 4.69) is 28.7 Å². The van der Waals surface area contributed by atoms with E-state index in [9.17, 15) is 9.90 Å². The standard InChI is InChI=1S/C24H33N3O3/c1-16-19(21(22(28)29)30-23(2,3)4)20(27-13-10-24(5,6)11-14-27)17(15-26-16)18-9-7-8-12-25-18/h7-9,12,15,21H,10-11,13-14H2,1-6H3,(H,28,29). The van der Waals surface area contributed by atoms with E-state index in [4.69, 9.17) is 4.74 Å².